The number of thioether (sulfide) groups is 1. The summed E-state index contributed by atoms with van der Waals surface area (Å²) in [6, 6.07) is 8.62. The van der Waals surface area contributed by atoms with Crippen molar-refractivity contribution in [1.29, 1.82) is 0 Å². The molecular weight excluding hydrogens is 230 g/mol. The predicted octanol–water partition coefficient (Wildman–Crippen LogP) is 3.53. The van der Waals surface area contributed by atoms with Crippen LogP contribution in [0.4, 0.5) is 0 Å². The number of nitrogens with two attached hydrogens (primary N) is 1. The molecule has 0 aromatic carbocycles. The minimum atomic E-state index is 0.747. The van der Waals surface area contributed by atoms with Gasteiger partial charge in [0.05, 0.1) is 4.21 Å². The summed E-state index contributed by atoms with van der Waals surface area (Å²) in [6.07, 6.45) is 0. The van der Waals surface area contributed by atoms with Crippen molar-refractivity contribution in [3.63, 3.8) is 0 Å². The van der Waals surface area contributed by atoms with Crippen molar-refractivity contribution in [2.75, 3.05) is 12.3 Å². The van der Waals surface area contributed by atoms with Gasteiger partial charge in [0.15, 0.2) is 0 Å². The van der Waals surface area contributed by atoms with Crippen LogP contribution in [0.2, 0.25) is 0 Å². The molecule has 0 radical (unpaired) electrons. The molecule has 1 nitrogen and oxygen atoms in total. The number of hydrogen-bond donors (Lipinski definition) is 1. The van der Waals surface area contributed by atoms with Crippen molar-refractivity contribution in [2.45, 2.75) is 4.21 Å². The van der Waals surface area contributed by atoms with Crippen molar-refractivity contribution in [2.24, 2.45) is 5.73 Å². The topological polar surface area (TPSA) is 26.0 Å². The molecule has 4 heteroatoms. The summed E-state index contributed by atoms with van der Waals surface area (Å²) in [5.74, 6) is 1.00. The maximum absolute atomic E-state index is 5.46. The second-order valence-corrected chi connectivity index (χ2v) is 6.16. The van der Waals surface area contributed by atoms with E-state index in [-0.39, 0.29) is 0 Å². The van der Waals surface area contributed by atoms with Crippen LogP contribution in [0, 0.1) is 0 Å². The maximum atomic E-state index is 5.46. The average molecular weight is 241 g/mol. The van der Waals surface area contributed by atoms with Gasteiger partial charge in [0.25, 0.3) is 0 Å². The van der Waals surface area contributed by atoms with Gasteiger partial charge in [-0.25, -0.2) is 0 Å². The van der Waals surface area contributed by atoms with Gasteiger partial charge in [0, 0.05) is 22.1 Å². The molecule has 74 valence electrons. The molecular formula is C10H11NS3. The zero-order valence-electron chi connectivity index (χ0n) is 7.60. The lowest BCUT2D eigenvalue weighted by Crippen LogP contribution is -2.00. The van der Waals surface area contributed by atoms with Gasteiger partial charge in [-0.1, -0.05) is 6.07 Å². The van der Waals surface area contributed by atoms with E-state index in [0.717, 1.165) is 12.3 Å². The van der Waals surface area contributed by atoms with E-state index < -0.39 is 0 Å². The first kappa shape index (κ1) is 10.2. The van der Waals surface area contributed by atoms with Gasteiger partial charge in [-0.05, 0) is 23.6 Å². The molecule has 0 atom stereocenters. The molecule has 0 spiro atoms. The zero-order valence-corrected chi connectivity index (χ0v) is 10.1. The predicted molar refractivity (Wildman–Crippen MR) is 67.4 cm³/mol. The number of thiophene rings is 2. The highest BCUT2D eigenvalue weighted by atomic mass is 32.2. The highest BCUT2D eigenvalue weighted by Gasteiger charge is 2.03. The second-order valence-electron chi connectivity index (χ2n) is 2.73. The Hall–Kier alpha value is -0.290. The SMILES string of the molecule is NCCSc1ccc(-c2cccs2)s1. The third kappa shape index (κ3) is 2.39. The van der Waals surface area contributed by atoms with E-state index in [1.54, 1.807) is 11.3 Å². The summed E-state index contributed by atoms with van der Waals surface area (Å²) in [4.78, 5) is 2.72. The standard InChI is InChI=1S/C10H11NS3/c11-5-7-13-10-4-3-9(14-10)8-2-1-6-12-8/h1-4,6H,5,7,11H2. The van der Waals surface area contributed by atoms with Gasteiger partial charge in [-0.2, -0.15) is 0 Å². The Kier molecular flexibility index (Phi) is 3.64. The van der Waals surface area contributed by atoms with Crippen molar-refractivity contribution in [3.05, 3.63) is 29.6 Å². The lowest BCUT2D eigenvalue weighted by molar-refractivity contribution is 1.15. The van der Waals surface area contributed by atoms with E-state index in [0.29, 0.717) is 0 Å². The highest BCUT2D eigenvalue weighted by Crippen LogP contribution is 2.35. The average Bonchev–Trinajstić information content (AvgIpc) is 2.85. The van der Waals surface area contributed by atoms with Crippen molar-refractivity contribution in [3.8, 4) is 9.75 Å². The first-order chi connectivity index (χ1) is 6.90. The van der Waals surface area contributed by atoms with Gasteiger partial charge in [0.1, 0.15) is 0 Å². The van der Waals surface area contributed by atoms with E-state index in [2.05, 4.69) is 29.6 Å². The third-order valence-corrected chi connectivity index (χ3v) is 5.12. The summed E-state index contributed by atoms with van der Waals surface area (Å²) < 4.78 is 1.36. The fraction of sp³-hybridized carbons (Fsp3) is 0.200. The van der Waals surface area contributed by atoms with E-state index in [1.165, 1.54) is 14.0 Å². The van der Waals surface area contributed by atoms with Crippen LogP contribution in [0.15, 0.2) is 33.9 Å². The van der Waals surface area contributed by atoms with Crippen LogP contribution in [0.25, 0.3) is 9.75 Å². The number of rotatable bonds is 4. The first-order valence-corrected chi connectivity index (χ1v) is 7.05. The van der Waals surface area contributed by atoms with Gasteiger partial charge in [-0.15, -0.1) is 34.4 Å². The van der Waals surface area contributed by atoms with Gasteiger partial charge in [-0.3, -0.25) is 0 Å². The summed E-state index contributed by atoms with van der Waals surface area (Å²) in [6.45, 7) is 0.747. The Balaban J connectivity index is 2.10. The minimum Gasteiger partial charge on any atom is -0.330 e. The van der Waals surface area contributed by atoms with Crippen molar-refractivity contribution < 1.29 is 0 Å². The molecule has 0 aliphatic carbocycles. The van der Waals surface area contributed by atoms with E-state index in [4.69, 9.17) is 5.73 Å². The van der Waals surface area contributed by atoms with Crippen LogP contribution >= 0.6 is 34.4 Å². The molecule has 0 saturated heterocycles. The second kappa shape index (κ2) is 4.98. The Morgan fingerprint density at radius 3 is 2.86 bits per heavy atom. The zero-order chi connectivity index (χ0) is 9.80. The molecule has 0 bridgehead atoms. The summed E-state index contributed by atoms with van der Waals surface area (Å²) in [5.41, 5.74) is 5.46. The van der Waals surface area contributed by atoms with Crippen LogP contribution in [-0.2, 0) is 0 Å². The fourth-order valence-corrected chi connectivity index (χ4v) is 3.92. The molecule has 0 saturated carbocycles. The molecule has 0 fully saturated rings. The van der Waals surface area contributed by atoms with Gasteiger partial charge >= 0.3 is 0 Å². The minimum absolute atomic E-state index is 0.747. The van der Waals surface area contributed by atoms with Crippen LogP contribution < -0.4 is 5.73 Å². The van der Waals surface area contributed by atoms with Gasteiger partial charge in [0.2, 0.25) is 0 Å². The Morgan fingerprint density at radius 1 is 1.21 bits per heavy atom. The molecule has 2 aromatic heterocycles. The highest BCUT2D eigenvalue weighted by molar-refractivity contribution is 8.01. The third-order valence-electron chi connectivity index (χ3n) is 1.71. The van der Waals surface area contributed by atoms with Crippen LogP contribution in [0.3, 0.4) is 0 Å². The Morgan fingerprint density at radius 2 is 2.14 bits per heavy atom. The lowest BCUT2D eigenvalue weighted by Gasteiger charge is -1.92. The van der Waals surface area contributed by atoms with E-state index in [1.807, 2.05) is 23.1 Å². The molecule has 2 heterocycles. The summed E-state index contributed by atoms with van der Waals surface area (Å²) in [7, 11) is 0. The van der Waals surface area contributed by atoms with Crippen molar-refractivity contribution in [1.82, 2.24) is 0 Å². The first-order valence-electron chi connectivity index (χ1n) is 4.37. The fourth-order valence-electron chi connectivity index (χ4n) is 1.11. The molecule has 2 rings (SSSR count). The monoisotopic (exact) mass is 241 g/mol. The molecule has 0 aliphatic rings. The van der Waals surface area contributed by atoms with Crippen LogP contribution in [-0.4, -0.2) is 12.3 Å². The largest absolute Gasteiger partial charge is 0.330 e. The van der Waals surface area contributed by atoms with Crippen LogP contribution in [0.5, 0.6) is 0 Å². The molecule has 14 heavy (non-hydrogen) atoms. The van der Waals surface area contributed by atoms with E-state index >= 15 is 0 Å². The Bertz CT molecular complexity index is 378. The molecule has 2 N–H and O–H groups in total. The molecule has 2 aromatic rings. The van der Waals surface area contributed by atoms with E-state index in [9.17, 15) is 0 Å². The maximum Gasteiger partial charge on any atom is 0.0605 e. The summed E-state index contributed by atoms with van der Waals surface area (Å²) >= 11 is 5.47. The molecule has 0 aliphatic heterocycles. The molecule has 0 unspecified atom stereocenters. The lowest BCUT2D eigenvalue weighted by atomic mass is 10.4. The Labute approximate surface area is 96.0 Å². The summed E-state index contributed by atoms with van der Waals surface area (Å²) in [5, 5.41) is 2.11. The smallest absolute Gasteiger partial charge is 0.0605 e. The quantitative estimate of drug-likeness (QED) is 0.829. The van der Waals surface area contributed by atoms with Crippen LogP contribution in [0.1, 0.15) is 0 Å². The number of hydrogen-bond acceptors (Lipinski definition) is 4. The normalized spacial score (nSPS) is 10.6. The van der Waals surface area contributed by atoms with Crippen molar-refractivity contribution >= 4 is 34.4 Å². The molecule has 0 amide bonds. The van der Waals surface area contributed by atoms with Gasteiger partial charge < -0.3 is 5.73 Å².